The summed E-state index contributed by atoms with van der Waals surface area (Å²) in [5.74, 6) is 0.253. The molecule has 4 nitrogen and oxygen atoms in total. The largest absolute Gasteiger partial charge is 0.360 e. The molecule has 0 amide bonds. The molecule has 0 spiro atoms. The Labute approximate surface area is 78.9 Å². The molecule has 76 valence electrons. The lowest BCUT2D eigenvalue weighted by molar-refractivity contribution is 0.0787. The van der Waals surface area contributed by atoms with Crippen LogP contribution in [0.25, 0.3) is 0 Å². The van der Waals surface area contributed by atoms with E-state index in [1.807, 2.05) is 6.92 Å². The van der Waals surface area contributed by atoms with Crippen molar-refractivity contribution >= 4 is 10.0 Å². The number of hydrogen-bond acceptors (Lipinski definition) is 3. The molecule has 5 heteroatoms. The SMILES string of the molecule is CCCS(=O)(=O)N1[C@@H]2OCCC[C@@H]21. The van der Waals surface area contributed by atoms with Gasteiger partial charge >= 0.3 is 0 Å². The van der Waals surface area contributed by atoms with E-state index in [1.54, 1.807) is 0 Å². The summed E-state index contributed by atoms with van der Waals surface area (Å²) in [4.78, 5) is 0. The molecule has 2 saturated heterocycles. The van der Waals surface area contributed by atoms with Crippen LogP contribution < -0.4 is 0 Å². The number of hydrogen-bond donors (Lipinski definition) is 0. The number of ether oxygens (including phenoxy) is 1. The Morgan fingerprint density at radius 2 is 2.31 bits per heavy atom. The van der Waals surface area contributed by atoms with Crippen LogP contribution in [0.4, 0.5) is 0 Å². The molecule has 3 atom stereocenters. The predicted octanol–water partition coefficient (Wildman–Crippen LogP) is 0.547. The van der Waals surface area contributed by atoms with Crippen molar-refractivity contribution in [2.75, 3.05) is 12.4 Å². The van der Waals surface area contributed by atoms with Gasteiger partial charge in [0.2, 0.25) is 10.0 Å². The van der Waals surface area contributed by atoms with Crippen molar-refractivity contribution in [2.45, 2.75) is 38.5 Å². The Balaban J connectivity index is 2.03. The van der Waals surface area contributed by atoms with Gasteiger partial charge in [0, 0.05) is 6.61 Å². The molecule has 0 bridgehead atoms. The average molecular weight is 205 g/mol. The molecular formula is C8H15NO3S. The maximum atomic E-state index is 11.6. The van der Waals surface area contributed by atoms with Gasteiger partial charge in [0.05, 0.1) is 11.8 Å². The van der Waals surface area contributed by atoms with Crippen LogP contribution >= 0.6 is 0 Å². The molecule has 2 heterocycles. The minimum absolute atomic E-state index is 0.120. The minimum Gasteiger partial charge on any atom is -0.360 e. The van der Waals surface area contributed by atoms with E-state index < -0.39 is 10.0 Å². The van der Waals surface area contributed by atoms with Gasteiger partial charge in [-0.3, -0.25) is 0 Å². The van der Waals surface area contributed by atoms with E-state index in [-0.39, 0.29) is 18.0 Å². The quantitative estimate of drug-likeness (QED) is 0.632. The first kappa shape index (κ1) is 9.43. The summed E-state index contributed by atoms with van der Waals surface area (Å²) in [6.45, 7) is 2.59. The van der Waals surface area contributed by atoms with E-state index >= 15 is 0 Å². The third kappa shape index (κ3) is 1.60. The second-order valence-corrected chi connectivity index (χ2v) is 5.61. The van der Waals surface area contributed by atoms with E-state index in [0.717, 1.165) is 12.8 Å². The van der Waals surface area contributed by atoms with Crippen LogP contribution in [0.15, 0.2) is 0 Å². The maximum absolute atomic E-state index is 11.6. The molecule has 2 rings (SSSR count). The van der Waals surface area contributed by atoms with Crippen molar-refractivity contribution in [1.82, 2.24) is 4.31 Å². The Bertz CT molecular complexity index is 276. The molecule has 0 aromatic carbocycles. The Morgan fingerprint density at radius 1 is 1.54 bits per heavy atom. The van der Waals surface area contributed by atoms with E-state index in [2.05, 4.69) is 0 Å². The molecule has 1 unspecified atom stereocenters. The zero-order valence-electron chi connectivity index (χ0n) is 7.77. The third-order valence-corrected chi connectivity index (χ3v) is 4.58. The zero-order valence-corrected chi connectivity index (χ0v) is 8.59. The van der Waals surface area contributed by atoms with Crippen LogP contribution in [0, 0.1) is 0 Å². The van der Waals surface area contributed by atoms with Gasteiger partial charge in [-0.05, 0) is 19.3 Å². The fourth-order valence-corrected chi connectivity index (χ4v) is 3.73. The van der Waals surface area contributed by atoms with Gasteiger partial charge in [-0.15, -0.1) is 0 Å². The summed E-state index contributed by atoms with van der Waals surface area (Å²) in [6.07, 6.45) is 2.51. The first-order valence-corrected chi connectivity index (χ1v) is 6.40. The van der Waals surface area contributed by atoms with Crippen molar-refractivity contribution < 1.29 is 13.2 Å². The van der Waals surface area contributed by atoms with Crippen LogP contribution in [-0.4, -0.2) is 37.4 Å². The van der Waals surface area contributed by atoms with E-state index in [4.69, 9.17) is 4.74 Å². The monoisotopic (exact) mass is 205 g/mol. The van der Waals surface area contributed by atoms with Crippen molar-refractivity contribution in [1.29, 1.82) is 0 Å². The fraction of sp³-hybridized carbons (Fsp3) is 1.00. The predicted molar refractivity (Wildman–Crippen MR) is 48.7 cm³/mol. The van der Waals surface area contributed by atoms with E-state index in [9.17, 15) is 8.42 Å². The highest BCUT2D eigenvalue weighted by Gasteiger charge is 2.56. The number of fused-ring (bicyclic) bond motifs is 1. The van der Waals surface area contributed by atoms with Crippen LogP contribution in [0.3, 0.4) is 0 Å². The standard InChI is InChI=1S/C8H15NO3S/c1-2-6-13(10,11)9-7-4-3-5-12-8(7)9/h7-8H,2-6H2,1H3/t7-,8+,9?/m0/s1. The Hall–Kier alpha value is -0.130. The van der Waals surface area contributed by atoms with Gasteiger partial charge in [0.1, 0.15) is 6.23 Å². The van der Waals surface area contributed by atoms with Crippen molar-refractivity contribution in [3.05, 3.63) is 0 Å². The minimum atomic E-state index is -3.01. The summed E-state index contributed by atoms with van der Waals surface area (Å²) in [5, 5.41) is 0. The van der Waals surface area contributed by atoms with Gasteiger partial charge in [-0.1, -0.05) is 6.92 Å². The van der Waals surface area contributed by atoms with Crippen LogP contribution in [-0.2, 0) is 14.8 Å². The molecule has 0 aliphatic carbocycles. The highest BCUT2D eigenvalue weighted by Crippen LogP contribution is 2.39. The van der Waals surface area contributed by atoms with Crippen molar-refractivity contribution in [3.8, 4) is 0 Å². The summed E-state index contributed by atoms with van der Waals surface area (Å²) in [7, 11) is -3.01. The van der Waals surface area contributed by atoms with Gasteiger partial charge < -0.3 is 4.74 Å². The molecule has 0 radical (unpaired) electrons. The highest BCUT2D eigenvalue weighted by atomic mass is 32.2. The molecule has 0 saturated carbocycles. The Kier molecular flexibility index (Phi) is 2.33. The maximum Gasteiger partial charge on any atom is 0.216 e. The van der Waals surface area contributed by atoms with E-state index in [0.29, 0.717) is 13.0 Å². The zero-order chi connectivity index (χ0) is 9.47. The van der Waals surface area contributed by atoms with Crippen LogP contribution in [0.5, 0.6) is 0 Å². The normalized spacial score (nSPS) is 38.4. The first-order valence-electron chi connectivity index (χ1n) is 4.79. The lowest BCUT2D eigenvalue weighted by Crippen LogP contribution is -2.18. The summed E-state index contributed by atoms with van der Waals surface area (Å²) < 4.78 is 30.1. The number of nitrogens with zero attached hydrogens (tertiary/aromatic N) is 1. The molecule has 13 heavy (non-hydrogen) atoms. The molecular weight excluding hydrogens is 190 g/mol. The Morgan fingerprint density at radius 3 is 2.85 bits per heavy atom. The van der Waals surface area contributed by atoms with E-state index in [1.165, 1.54) is 4.31 Å². The summed E-state index contributed by atoms with van der Waals surface area (Å²) in [5.41, 5.74) is 0. The number of rotatable bonds is 3. The second-order valence-electron chi connectivity index (χ2n) is 3.62. The number of sulfonamides is 1. The van der Waals surface area contributed by atoms with Gasteiger partial charge in [-0.25, -0.2) is 8.42 Å². The smallest absolute Gasteiger partial charge is 0.216 e. The summed E-state index contributed by atoms with van der Waals surface area (Å²) >= 11 is 0. The van der Waals surface area contributed by atoms with Gasteiger partial charge in [0.15, 0.2) is 0 Å². The highest BCUT2D eigenvalue weighted by molar-refractivity contribution is 7.89. The third-order valence-electron chi connectivity index (χ3n) is 2.53. The lowest BCUT2D eigenvalue weighted by atomic mass is 10.2. The lowest BCUT2D eigenvalue weighted by Gasteiger charge is -2.04. The van der Waals surface area contributed by atoms with Gasteiger partial charge in [-0.2, -0.15) is 4.31 Å². The second kappa shape index (κ2) is 3.22. The molecule has 0 aromatic heterocycles. The van der Waals surface area contributed by atoms with Crippen molar-refractivity contribution in [2.24, 2.45) is 0 Å². The summed E-state index contributed by atoms with van der Waals surface area (Å²) in [6, 6.07) is 0.158. The molecule has 0 N–H and O–H groups in total. The first-order chi connectivity index (χ1) is 6.17. The molecule has 2 fully saturated rings. The van der Waals surface area contributed by atoms with Crippen LogP contribution in [0.2, 0.25) is 0 Å². The van der Waals surface area contributed by atoms with Gasteiger partial charge in [0.25, 0.3) is 0 Å². The fourth-order valence-electron chi connectivity index (χ4n) is 1.91. The topological polar surface area (TPSA) is 46.4 Å². The van der Waals surface area contributed by atoms with Crippen molar-refractivity contribution in [3.63, 3.8) is 0 Å². The van der Waals surface area contributed by atoms with Crippen LogP contribution in [0.1, 0.15) is 26.2 Å². The molecule has 0 aromatic rings. The molecule has 2 aliphatic heterocycles. The molecule has 2 aliphatic rings. The average Bonchev–Trinajstić information content (AvgIpc) is 2.77.